The molecule has 0 fully saturated rings. The van der Waals surface area contributed by atoms with Crippen LogP contribution in [0.5, 0.6) is 11.5 Å². The molecule has 0 bridgehead atoms. The largest absolute Gasteiger partial charge is 0.507 e. The second-order valence-electron chi connectivity index (χ2n) is 12.2. The van der Waals surface area contributed by atoms with Gasteiger partial charge in [0.05, 0.1) is 0 Å². The molecule has 0 aliphatic rings. The molecule has 46 heavy (non-hydrogen) atoms. The highest BCUT2D eigenvalue weighted by Crippen LogP contribution is 2.50. The first-order chi connectivity index (χ1) is 22.6. The standard InChI is InChI=1S/C44H42O2/c1-3-5-18-27-44(4-2,36-28-38(32-19-10-6-11-20-32)42(45)39(29-36)33-21-12-7-13-22-33)37-30-40(34-23-14-8-15-24-34)43(46)41(31-37)35-25-16-9-17-26-35/h6-17,19-26,28-31,45-46H,3-5,18,27H2,1-2H3. The van der Waals surface area contributed by atoms with Gasteiger partial charge in [0.2, 0.25) is 0 Å². The highest BCUT2D eigenvalue weighted by Gasteiger charge is 2.35. The van der Waals surface area contributed by atoms with Gasteiger partial charge in [0.1, 0.15) is 11.5 Å². The zero-order valence-electron chi connectivity index (χ0n) is 26.8. The van der Waals surface area contributed by atoms with E-state index >= 15 is 0 Å². The van der Waals surface area contributed by atoms with Crippen molar-refractivity contribution in [1.29, 1.82) is 0 Å². The van der Waals surface area contributed by atoms with Crippen molar-refractivity contribution in [3.63, 3.8) is 0 Å². The predicted octanol–water partition coefficient (Wildman–Crippen LogP) is 12.0. The Morgan fingerprint density at radius 3 is 1.00 bits per heavy atom. The normalized spacial score (nSPS) is 11.4. The molecule has 6 rings (SSSR count). The molecule has 0 aromatic heterocycles. The smallest absolute Gasteiger partial charge is 0.131 e. The van der Waals surface area contributed by atoms with Gasteiger partial charge in [-0.25, -0.2) is 0 Å². The Morgan fingerprint density at radius 1 is 0.435 bits per heavy atom. The van der Waals surface area contributed by atoms with Crippen molar-refractivity contribution in [2.24, 2.45) is 0 Å². The Bertz CT molecular complexity index is 1620. The van der Waals surface area contributed by atoms with Crippen LogP contribution in [0.1, 0.15) is 57.1 Å². The van der Waals surface area contributed by atoms with Gasteiger partial charge in [-0.15, -0.1) is 0 Å². The minimum Gasteiger partial charge on any atom is -0.507 e. The van der Waals surface area contributed by atoms with Crippen LogP contribution in [0.15, 0.2) is 146 Å². The number of rotatable bonds is 11. The molecule has 230 valence electrons. The Labute approximate surface area is 273 Å². The van der Waals surface area contributed by atoms with Crippen molar-refractivity contribution >= 4 is 0 Å². The van der Waals surface area contributed by atoms with Crippen molar-refractivity contribution in [1.82, 2.24) is 0 Å². The van der Waals surface area contributed by atoms with Gasteiger partial charge in [0.15, 0.2) is 0 Å². The summed E-state index contributed by atoms with van der Waals surface area (Å²) in [6, 6.07) is 49.6. The zero-order valence-corrected chi connectivity index (χ0v) is 26.8. The number of phenols is 2. The van der Waals surface area contributed by atoms with Crippen molar-refractivity contribution in [3.8, 4) is 56.0 Å². The van der Waals surface area contributed by atoms with E-state index in [0.717, 1.165) is 76.6 Å². The second-order valence-corrected chi connectivity index (χ2v) is 12.2. The van der Waals surface area contributed by atoms with E-state index in [0.29, 0.717) is 11.5 Å². The summed E-state index contributed by atoms with van der Waals surface area (Å²) >= 11 is 0. The lowest BCUT2D eigenvalue weighted by Gasteiger charge is -2.36. The monoisotopic (exact) mass is 602 g/mol. The van der Waals surface area contributed by atoms with Crippen molar-refractivity contribution in [2.45, 2.75) is 51.4 Å². The summed E-state index contributed by atoms with van der Waals surface area (Å²) < 4.78 is 0. The van der Waals surface area contributed by atoms with Gasteiger partial charge >= 0.3 is 0 Å². The van der Waals surface area contributed by atoms with Crippen LogP contribution in [0.3, 0.4) is 0 Å². The molecule has 0 heterocycles. The van der Waals surface area contributed by atoms with Gasteiger partial charge < -0.3 is 10.2 Å². The van der Waals surface area contributed by atoms with Gasteiger partial charge in [0.25, 0.3) is 0 Å². The van der Waals surface area contributed by atoms with Crippen LogP contribution in [0.4, 0.5) is 0 Å². The van der Waals surface area contributed by atoms with Crippen LogP contribution >= 0.6 is 0 Å². The number of aromatic hydroxyl groups is 2. The van der Waals surface area contributed by atoms with Crippen molar-refractivity contribution in [3.05, 3.63) is 157 Å². The molecule has 0 spiro atoms. The molecule has 0 aliphatic carbocycles. The topological polar surface area (TPSA) is 40.5 Å². The SMILES string of the molecule is CCCCCC(CC)(c1cc(-c2ccccc2)c(O)c(-c2ccccc2)c1)c1cc(-c2ccccc2)c(O)c(-c2ccccc2)c1. The molecular formula is C44H42O2. The lowest BCUT2D eigenvalue weighted by atomic mass is 9.67. The van der Waals surface area contributed by atoms with Gasteiger partial charge in [-0.1, -0.05) is 154 Å². The number of unbranched alkanes of at least 4 members (excludes halogenated alkanes) is 2. The van der Waals surface area contributed by atoms with Gasteiger partial charge in [-0.2, -0.15) is 0 Å². The van der Waals surface area contributed by atoms with Gasteiger partial charge in [-0.05, 0) is 70.5 Å². The summed E-state index contributed by atoms with van der Waals surface area (Å²) in [6.45, 7) is 4.52. The first kappa shape index (κ1) is 30.9. The minimum absolute atomic E-state index is 0.292. The van der Waals surface area contributed by atoms with E-state index in [4.69, 9.17) is 0 Å². The number of phenolic OH excluding ortho intramolecular Hbond substituents is 2. The number of hydrogen-bond donors (Lipinski definition) is 2. The maximum Gasteiger partial charge on any atom is 0.131 e. The molecule has 0 radical (unpaired) electrons. The van der Waals surface area contributed by atoms with Crippen LogP contribution in [0.25, 0.3) is 44.5 Å². The average Bonchev–Trinajstić information content (AvgIpc) is 3.12. The molecule has 6 aromatic rings. The molecule has 0 saturated carbocycles. The first-order valence-corrected chi connectivity index (χ1v) is 16.5. The minimum atomic E-state index is -0.378. The van der Waals surface area contributed by atoms with Crippen LogP contribution in [-0.4, -0.2) is 10.2 Å². The van der Waals surface area contributed by atoms with E-state index in [1.54, 1.807) is 0 Å². The summed E-state index contributed by atoms with van der Waals surface area (Å²) in [5.41, 5.74) is 9.22. The molecule has 2 N–H and O–H groups in total. The Morgan fingerprint density at radius 2 is 0.739 bits per heavy atom. The Hall–Kier alpha value is -5.08. The average molecular weight is 603 g/mol. The predicted molar refractivity (Wildman–Crippen MR) is 193 cm³/mol. The second kappa shape index (κ2) is 13.9. The fourth-order valence-electron chi connectivity index (χ4n) is 6.89. The fourth-order valence-corrected chi connectivity index (χ4v) is 6.89. The highest BCUT2D eigenvalue weighted by molar-refractivity contribution is 5.85. The molecular weight excluding hydrogens is 560 g/mol. The molecule has 2 heteroatoms. The van der Waals surface area contributed by atoms with E-state index in [1.165, 1.54) is 11.1 Å². The number of benzene rings is 6. The quantitative estimate of drug-likeness (QED) is 0.145. The molecule has 0 atom stereocenters. The maximum atomic E-state index is 11.8. The van der Waals surface area contributed by atoms with E-state index in [2.05, 4.69) is 86.6 Å². The molecule has 6 aromatic carbocycles. The van der Waals surface area contributed by atoms with Gasteiger partial charge in [-0.3, -0.25) is 0 Å². The molecule has 0 unspecified atom stereocenters. The van der Waals surface area contributed by atoms with E-state index in [9.17, 15) is 10.2 Å². The van der Waals surface area contributed by atoms with E-state index < -0.39 is 0 Å². The van der Waals surface area contributed by atoms with E-state index in [1.807, 2.05) is 72.8 Å². The van der Waals surface area contributed by atoms with Crippen molar-refractivity contribution in [2.75, 3.05) is 0 Å². The molecule has 0 amide bonds. The summed E-state index contributed by atoms with van der Waals surface area (Å²) in [7, 11) is 0. The van der Waals surface area contributed by atoms with Crippen LogP contribution in [0.2, 0.25) is 0 Å². The molecule has 0 saturated heterocycles. The van der Waals surface area contributed by atoms with Crippen LogP contribution in [-0.2, 0) is 5.41 Å². The maximum absolute atomic E-state index is 11.8. The lowest BCUT2D eigenvalue weighted by Crippen LogP contribution is -2.27. The summed E-state index contributed by atoms with van der Waals surface area (Å²) in [5, 5.41) is 23.7. The number of hydrogen-bond acceptors (Lipinski definition) is 2. The lowest BCUT2D eigenvalue weighted by molar-refractivity contribution is 0.428. The highest BCUT2D eigenvalue weighted by atomic mass is 16.3. The summed E-state index contributed by atoms with van der Waals surface area (Å²) in [6.07, 6.45) is 5.12. The molecule has 2 nitrogen and oxygen atoms in total. The van der Waals surface area contributed by atoms with Crippen LogP contribution < -0.4 is 0 Å². The van der Waals surface area contributed by atoms with Crippen LogP contribution in [0, 0.1) is 0 Å². The Kier molecular flexibility index (Phi) is 9.36. The van der Waals surface area contributed by atoms with Crippen molar-refractivity contribution < 1.29 is 10.2 Å². The Balaban J connectivity index is 1.68. The summed E-state index contributed by atoms with van der Waals surface area (Å²) in [5.74, 6) is 0.584. The van der Waals surface area contributed by atoms with E-state index in [-0.39, 0.29) is 5.41 Å². The zero-order chi connectivity index (χ0) is 31.9. The van der Waals surface area contributed by atoms with Gasteiger partial charge in [0, 0.05) is 27.7 Å². The fraction of sp³-hybridized carbons (Fsp3) is 0.182. The third kappa shape index (κ3) is 6.08. The summed E-state index contributed by atoms with van der Waals surface area (Å²) in [4.78, 5) is 0. The first-order valence-electron chi connectivity index (χ1n) is 16.5. The third-order valence-corrected chi connectivity index (χ3v) is 9.47. The third-order valence-electron chi connectivity index (χ3n) is 9.47. The molecule has 0 aliphatic heterocycles.